The topological polar surface area (TPSA) is 96.4 Å². The van der Waals surface area contributed by atoms with E-state index >= 15 is 0 Å². The predicted octanol–water partition coefficient (Wildman–Crippen LogP) is 4.35. The Kier molecular flexibility index (Phi) is 9.38. The first-order valence-electron chi connectivity index (χ1n) is 13.1. The largest absolute Gasteiger partial charge is 0.493 e. The van der Waals surface area contributed by atoms with Crippen molar-refractivity contribution in [2.45, 2.75) is 51.7 Å². The minimum atomic E-state index is 0. The number of aromatic nitrogens is 3. The lowest BCUT2D eigenvalue weighted by Gasteiger charge is -2.31. The monoisotopic (exact) mass is 525 g/mol. The third-order valence-electron chi connectivity index (χ3n) is 7.50. The average molecular weight is 526 g/mol. The van der Waals surface area contributed by atoms with Crippen molar-refractivity contribution in [3.05, 3.63) is 41.9 Å². The first-order valence-corrected chi connectivity index (χ1v) is 13.1. The summed E-state index contributed by atoms with van der Waals surface area (Å²) in [5.41, 5.74) is 3.55. The molecule has 9 heteroatoms. The Hall–Kier alpha value is -2.70. The van der Waals surface area contributed by atoms with Gasteiger partial charge in [-0.3, -0.25) is 0 Å². The van der Waals surface area contributed by atoms with Crippen molar-refractivity contribution in [1.82, 2.24) is 19.4 Å². The molecule has 2 fully saturated rings. The summed E-state index contributed by atoms with van der Waals surface area (Å²) in [6.45, 7) is 7.44. The van der Waals surface area contributed by atoms with Crippen LogP contribution in [0.1, 0.15) is 43.5 Å². The Morgan fingerprint density at radius 2 is 2.03 bits per heavy atom. The quantitative estimate of drug-likeness (QED) is 0.443. The van der Waals surface area contributed by atoms with Crippen molar-refractivity contribution < 1.29 is 14.6 Å². The maximum atomic E-state index is 9.58. The van der Waals surface area contributed by atoms with Crippen molar-refractivity contribution in [1.29, 1.82) is 5.26 Å². The molecule has 2 saturated heterocycles. The number of aryl methyl sites for hydroxylation is 1. The van der Waals surface area contributed by atoms with E-state index in [1.165, 1.54) is 12.8 Å². The van der Waals surface area contributed by atoms with Crippen molar-refractivity contribution in [3.8, 4) is 23.1 Å². The van der Waals surface area contributed by atoms with E-state index < -0.39 is 0 Å². The minimum Gasteiger partial charge on any atom is -0.493 e. The normalized spacial score (nSPS) is 18.6. The van der Waals surface area contributed by atoms with Crippen LogP contribution in [0.5, 0.6) is 5.75 Å². The SMILES string of the molecule is Cc1cc(-c2nc(C#N)nc3c2ccn3CC2CCCO2)ccc1OCCC1CCN(CCO)CC1.Cl. The summed E-state index contributed by atoms with van der Waals surface area (Å²) in [5, 5.41) is 19.6. The van der Waals surface area contributed by atoms with E-state index in [0.717, 1.165) is 85.7 Å². The molecule has 2 aliphatic rings. The average Bonchev–Trinajstić information content (AvgIpc) is 3.56. The van der Waals surface area contributed by atoms with Gasteiger partial charge in [0.15, 0.2) is 0 Å². The molecule has 2 aliphatic heterocycles. The zero-order valence-electron chi connectivity index (χ0n) is 21.4. The summed E-state index contributed by atoms with van der Waals surface area (Å²) < 4.78 is 14.0. The zero-order valence-corrected chi connectivity index (χ0v) is 22.3. The molecule has 0 spiro atoms. The van der Waals surface area contributed by atoms with Crippen molar-refractivity contribution in [3.63, 3.8) is 0 Å². The molecule has 3 aromatic rings. The summed E-state index contributed by atoms with van der Waals surface area (Å²) in [4.78, 5) is 11.4. The van der Waals surface area contributed by atoms with E-state index in [2.05, 4.69) is 38.5 Å². The van der Waals surface area contributed by atoms with Crippen LogP contribution < -0.4 is 4.74 Å². The van der Waals surface area contributed by atoms with E-state index in [9.17, 15) is 5.26 Å². The fourth-order valence-corrected chi connectivity index (χ4v) is 5.42. The van der Waals surface area contributed by atoms with Crippen LogP contribution in [0.3, 0.4) is 0 Å². The molecule has 1 atom stereocenters. The molecule has 0 amide bonds. The first kappa shape index (κ1) is 27.3. The third kappa shape index (κ3) is 6.42. The fraction of sp³-hybridized carbons (Fsp3) is 0.536. The van der Waals surface area contributed by atoms with E-state index in [4.69, 9.17) is 14.6 Å². The summed E-state index contributed by atoms with van der Waals surface area (Å²) in [7, 11) is 0. The van der Waals surface area contributed by atoms with Crippen LogP contribution in [-0.2, 0) is 11.3 Å². The van der Waals surface area contributed by atoms with Crippen LogP contribution in [0, 0.1) is 24.2 Å². The first-order chi connectivity index (χ1) is 17.6. The number of piperidine rings is 1. The van der Waals surface area contributed by atoms with Crippen LogP contribution in [0.25, 0.3) is 22.3 Å². The van der Waals surface area contributed by atoms with Gasteiger partial charge in [-0.2, -0.15) is 5.26 Å². The highest BCUT2D eigenvalue weighted by molar-refractivity contribution is 5.91. The minimum absolute atomic E-state index is 0. The van der Waals surface area contributed by atoms with Gasteiger partial charge in [-0.15, -0.1) is 12.4 Å². The molecule has 0 aliphatic carbocycles. The lowest BCUT2D eigenvalue weighted by atomic mass is 9.94. The fourth-order valence-electron chi connectivity index (χ4n) is 5.42. The number of ether oxygens (including phenoxy) is 2. The maximum absolute atomic E-state index is 9.58. The summed E-state index contributed by atoms with van der Waals surface area (Å²) in [6, 6.07) is 10.3. The molecule has 5 rings (SSSR count). The second-order valence-corrected chi connectivity index (χ2v) is 9.97. The molecule has 0 saturated carbocycles. The molecule has 0 bridgehead atoms. The van der Waals surface area contributed by atoms with Gasteiger partial charge in [-0.25, -0.2) is 9.97 Å². The number of hydrogen-bond donors (Lipinski definition) is 1. The number of hydrogen-bond acceptors (Lipinski definition) is 7. The number of aliphatic hydroxyl groups excluding tert-OH is 1. The molecule has 0 radical (unpaired) electrons. The molecule has 8 nitrogen and oxygen atoms in total. The van der Waals surface area contributed by atoms with Crippen molar-refractivity contribution >= 4 is 23.4 Å². The molecule has 2 aromatic heterocycles. The number of halogens is 1. The molecule has 1 N–H and O–H groups in total. The lowest BCUT2D eigenvalue weighted by molar-refractivity contribution is 0.0979. The summed E-state index contributed by atoms with van der Waals surface area (Å²) in [6.07, 6.45) is 7.72. The number of fused-ring (bicyclic) bond motifs is 1. The van der Waals surface area contributed by atoms with Gasteiger partial charge in [0, 0.05) is 30.3 Å². The molecule has 198 valence electrons. The predicted molar refractivity (Wildman–Crippen MR) is 145 cm³/mol. The van der Waals surface area contributed by atoms with E-state index in [-0.39, 0.29) is 30.9 Å². The number of aliphatic hydroxyl groups is 1. The number of benzene rings is 1. The lowest BCUT2D eigenvalue weighted by Crippen LogP contribution is -2.35. The molecule has 37 heavy (non-hydrogen) atoms. The Labute approximate surface area is 224 Å². The maximum Gasteiger partial charge on any atom is 0.234 e. The van der Waals surface area contributed by atoms with Gasteiger partial charge < -0.3 is 24.0 Å². The van der Waals surface area contributed by atoms with Gasteiger partial charge in [0.2, 0.25) is 5.82 Å². The van der Waals surface area contributed by atoms with Gasteiger partial charge in [0.25, 0.3) is 0 Å². The van der Waals surface area contributed by atoms with Gasteiger partial charge in [-0.1, -0.05) is 0 Å². The Morgan fingerprint density at radius 3 is 2.73 bits per heavy atom. The highest BCUT2D eigenvalue weighted by atomic mass is 35.5. The summed E-state index contributed by atoms with van der Waals surface area (Å²) >= 11 is 0. The molecular formula is C28H36ClN5O3. The van der Waals surface area contributed by atoms with Gasteiger partial charge in [0.1, 0.15) is 17.5 Å². The van der Waals surface area contributed by atoms with E-state index in [0.29, 0.717) is 12.5 Å². The molecule has 1 aromatic carbocycles. The molecular weight excluding hydrogens is 490 g/mol. The number of rotatable bonds is 9. The van der Waals surface area contributed by atoms with Gasteiger partial charge in [-0.05, 0) is 87.9 Å². The van der Waals surface area contributed by atoms with Crippen LogP contribution >= 0.6 is 12.4 Å². The van der Waals surface area contributed by atoms with Crippen LogP contribution in [0.15, 0.2) is 30.5 Å². The van der Waals surface area contributed by atoms with Crippen LogP contribution in [-0.4, -0.2) is 70.1 Å². The second-order valence-electron chi connectivity index (χ2n) is 9.97. The van der Waals surface area contributed by atoms with Crippen LogP contribution in [0.4, 0.5) is 0 Å². The Bertz CT molecular complexity index is 1230. The standard InChI is InChI=1S/C28H35N5O3.ClH/c1-20-17-22(4-5-25(20)36-16-9-21-6-10-32(11-7-21)13-14-34)27-24-8-12-33(19-23-3-2-15-35-23)28(24)31-26(18-29)30-27;/h4-5,8,12,17,21,23,34H,2-3,6-7,9-11,13-16,19H2,1H3;1H. The van der Waals surface area contributed by atoms with E-state index in [1.807, 2.05) is 24.4 Å². The molecule has 4 heterocycles. The molecule has 1 unspecified atom stereocenters. The van der Waals surface area contributed by atoms with E-state index in [1.54, 1.807) is 0 Å². The highest BCUT2D eigenvalue weighted by Gasteiger charge is 2.21. The van der Waals surface area contributed by atoms with Gasteiger partial charge >= 0.3 is 0 Å². The highest BCUT2D eigenvalue weighted by Crippen LogP contribution is 2.31. The van der Waals surface area contributed by atoms with Crippen LogP contribution in [0.2, 0.25) is 0 Å². The smallest absolute Gasteiger partial charge is 0.234 e. The van der Waals surface area contributed by atoms with Crippen molar-refractivity contribution in [2.75, 3.05) is 39.5 Å². The number of likely N-dealkylation sites (tertiary alicyclic amines) is 1. The zero-order chi connectivity index (χ0) is 24.9. The number of β-amino-alcohol motifs (C(OH)–C–C–N with tert-alkyl or cyclic N) is 1. The Morgan fingerprint density at radius 1 is 1.19 bits per heavy atom. The van der Waals surface area contributed by atoms with Gasteiger partial charge in [0.05, 0.1) is 31.6 Å². The second kappa shape index (κ2) is 12.7. The third-order valence-corrected chi connectivity index (χ3v) is 7.50. The Balaban J connectivity index is 0.00000320. The number of nitrogens with zero attached hydrogens (tertiary/aromatic N) is 5. The summed E-state index contributed by atoms with van der Waals surface area (Å²) in [5.74, 6) is 1.74. The van der Waals surface area contributed by atoms with Crippen molar-refractivity contribution in [2.24, 2.45) is 5.92 Å². The number of nitriles is 1.